The number of nitro benzene ring substituents is 1. The van der Waals surface area contributed by atoms with Crippen LogP contribution in [-0.4, -0.2) is 23.9 Å². The van der Waals surface area contributed by atoms with Crippen LogP contribution in [0.15, 0.2) is 36.4 Å². The van der Waals surface area contributed by atoms with Gasteiger partial charge in [-0.2, -0.15) is 0 Å². The van der Waals surface area contributed by atoms with E-state index < -0.39 is 16.6 Å². The predicted octanol–water partition coefficient (Wildman–Crippen LogP) is 3.26. The molecule has 6 nitrogen and oxygen atoms in total. The normalized spacial score (nSPS) is 13.3. The van der Waals surface area contributed by atoms with E-state index in [1.54, 1.807) is 4.90 Å². The summed E-state index contributed by atoms with van der Waals surface area (Å²) in [4.78, 5) is 23.9. The topological polar surface area (TPSA) is 75.5 Å². The van der Waals surface area contributed by atoms with Crippen molar-refractivity contribution < 1.29 is 18.5 Å². The number of fused-ring (bicyclic) bond motifs is 1. The number of carbonyl (C=O) groups is 1. The van der Waals surface area contributed by atoms with E-state index in [4.69, 9.17) is 0 Å². The molecule has 1 aliphatic rings. The molecule has 1 amide bonds. The van der Waals surface area contributed by atoms with Gasteiger partial charge >= 0.3 is 0 Å². The Morgan fingerprint density at radius 1 is 1.24 bits per heavy atom. The van der Waals surface area contributed by atoms with Gasteiger partial charge in [-0.25, -0.2) is 8.78 Å². The number of nitro groups is 1. The number of nitrogens with zero attached hydrogens (tertiary/aromatic N) is 2. The summed E-state index contributed by atoms with van der Waals surface area (Å²) in [6, 6.07) is 7.53. The molecular formula is C17H15F2N3O3. The summed E-state index contributed by atoms with van der Waals surface area (Å²) in [5.74, 6) is -1.70. The van der Waals surface area contributed by atoms with Crippen molar-refractivity contribution in [2.24, 2.45) is 0 Å². The maximum Gasteiger partial charge on any atom is 0.269 e. The molecular weight excluding hydrogens is 332 g/mol. The first-order valence-electron chi connectivity index (χ1n) is 7.71. The summed E-state index contributed by atoms with van der Waals surface area (Å²) in [5, 5.41) is 13.2. The second-order valence-corrected chi connectivity index (χ2v) is 5.77. The van der Waals surface area contributed by atoms with Gasteiger partial charge in [-0.3, -0.25) is 14.9 Å². The van der Waals surface area contributed by atoms with E-state index in [9.17, 15) is 23.7 Å². The van der Waals surface area contributed by atoms with Gasteiger partial charge in [0.15, 0.2) is 0 Å². The van der Waals surface area contributed by atoms with Crippen LogP contribution in [0.5, 0.6) is 0 Å². The zero-order valence-corrected chi connectivity index (χ0v) is 13.2. The van der Waals surface area contributed by atoms with Gasteiger partial charge in [-0.15, -0.1) is 0 Å². The molecule has 0 fully saturated rings. The monoisotopic (exact) mass is 347 g/mol. The third-order valence-corrected chi connectivity index (χ3v) is 3.99. The van der Waals surface area contributed by atoms with Crippen molar-refractivity contribution in [2.75, 3.05) is 23.3 Å². The fraction of sp³-hybridized carbons (Fsp3) is 0.235. The fourth-order valence-corrected chi connectivity index (χ4v) is 2.93. The largest absolute Gasteiger partial charge is 0.360 e. The Hall–Kier alpha value is -3.03. The van der Waals surface area contributed by atoms with Crippen LogP contribution in [-0.2, 0) is 11.2 Å². The minimum atomic E-state index is -0.683. The number of rotatable bonds is 4. The lowest BCUT2D eigenvalue weighted by Gasteiger charge is -2.31. The van der Waals surface area contributed by atoms with E-state index in [0.29, 0.717) is 30.6 Å². The van der Waals surface area contributed by atoms with Crippen LogP contribution in [0, 0.1) is 21.7 Å². The van der Waals surface area contributed by atoms with Crippen LogP contribution in [0.3, 0.4) is 0 Å². The second kappa shape index (κ2) is 6.84. The van der Waals surface area contributed by atoms with Crippen molar-refractivity contribution in [3.8, 4) is 0 Å². The first-order valence-corrected chi connectivity index (χ1v) is 7.71. The van der Waals surface area contributed by atoms with E-state index in [1.807, 2.05) is 0 Å². The Bertz CT molecular complexity index is 825. The van der Waals surface area contributed by atoms with Gasteiger partial charge in [-0.05, 0) is 36.6 Å². The Kier molecular flexibility index (Phi) is 4.60. The molecule has 0 radical (unpaired) electrons. The van der Waals surface area contributed by atoms with Gasteiger partial charge in [0.2, 0.25) is 5.91 Å². The molecule has 1 heterocycles. The van der Waals surface area contributed by atoms with Gasteiger partial charge in [0, 0.05) is 30.4 Å². The molecule has 0 unspecified atom stereocenters. The maximum absolute atomic E-state index is 14.1. The Morgan fingerprint density at radius 3 is 2.64 bits per heavy atom. The molecule has 0 saturated carbocycles. The SMILES string of the molecule is O=C(CN1CCCc2cc(F)cc(F)c21)Nc1ccc([N+](=O)[O-])cc1. The Balaban J connectivity index is 1.71. The molecule has 0 aromatic heterocycles. The molecule has 25 heavy (non-hydrogen) atoms. The number of aryl methyl sites for hydroxylation is 1. The fourth-order valence-electron chi connectivity index (χ4n) is 2.93. The molecule has 2 aromatic rings. The molecule has 130 valence electrons. The average Bonchev–Trinajstić information content (AvgIpc) is 2.54. The lowest BCUT2D eigenvalue weighted by Crippen LogP contribution is -2.37. The predicted molar refractivity (Wildman–Crippen MR) is 88.6 cm³/mol. The van der Waals surface area contributed by atoms with Crippen molar-refractivity contribution in [1.82, 2.24) is 0 Å². The minimum absolute atomic E-state index is 0.0768. The number of halogens is 2. The van der Waals surface area contributed by atoms with Gasteiger partial charge in [-0.1, -0.05) is 0 Å². The van der Waals surface area contributed by atoms with Crippen molar-refractivity contribution in [3.05, 3.63) is 63.7 Å². The van der Waals surface area contributed by atoms with Crippen LogP contribution in [0.1, 0.15) is 12.0 Å². The molecule has 3 rings (SSSR count). The lowest BCUT2D eigenvalue weighted by atomic mass is 10.0. The van der Waals surface area contributed by atoms with E-state index in [0.717, 1.165) is 6.07 Å². The van der Waals surface area contributed by atoms with Crippen LogP contribution >= 0.6 is 0 Å². The van der Waals surface area contributed by atoms with Crippen LogP contribution in [0.2, 0.25) is 0 Å². The quantitative estimate of drug-likeness (QED) is 0.680. The molecule has 1 N–H and O–H groups in total. The lowest BCUT2D eigenvalue weighted by molar-refractivity contribution is -0.384. The van der Waals surface area contributed by atoms with Crippen molar-refractivity contribution >= 4 is 23.0 Å². The molecule has 2 aromatic carbocycles. The second-order valence-electron chi connectivity index (χ2n) is 5.77. The summed E-state index contributed by atoms with van der Waals surface area (Å²) in [7, 11) is 0. The number of hydrogen-bond acceptors (Lipinski definition) is 4. The van der Waals surface area contributed by atoms with E-state index in [1.165, 1.54) is 30.3 Å². The molecule has 8 heteroatoms. The van der Waals surface area contributed by atoms with Crippen molar-refractivity contribution in [3.63, 3.8) is 0 Å². The average molecular weight is 347 g/mol. The van der Waals surface area contributed by atoms with Crippen molar-refractivity contribution in [2.45, 2.75) is 12.8 Å². The number of nitrogens with one attached hydrogen (secondary N) is 1. The van der Waals surface area contributed by atoms with Gasteiger partial charge in [0.1, 0.15) is 11.6 Å². The first kappa shape index (κ1) is 16.8. The van der Waals surface area contributed by atoms with E-state index in [2.05, 4.69) is 5.32 Å². The van der Waals surface area contributed by atoms with Crippen LogP contribution in [0.25, 0.3) is 0 Å². The molecule has 0 aliphatic carbocycles. The molecule has 1 aliphatic heterocycles. The number of carbonyl (C=O) groups excluding carboxylic acids is 1. The Labute approximate surface area is 142 Å². The number of anilines is 2. The molecule has 0 bridgehead atoms. The summed E-state index contributed by atoms with van der Waals surface area (Å²) < 4.78 is 27.4. The zero-order chi connectivity index (χ0) is 18.0. The van der Waals surface area contributed by atoms with Crippen LogP contribution < -0.4 is 10.2 Å². The highest BCUT2D eigenvalue weighted by Crippen LogP contribution is 2.30. The first-order chi connectivity index (χ1) is 11.9. The number of hydrogen-bond donors (Lipinski definition) is 1. The number of amides is 1. The summed E-state index contributed by atoms with van der Waals surface area (Å²) >= 11 is 0. The smallest absolute Gasteiger partial charge is 0.269 e. The summed E-state index contributed by atoms with van der Waals surface area (Å²) in [6.07, 6.45) is 1.26. The highest BCUT2D eigenvalue weighted by Gasteiger charge is 2.23. The van der Waals surface area contributed by atoms with Crippen LogP contribution in [0.4, 0.5) is 25.8 Å². The van der Waals surface area contributed by atoms with Gasteiger partial charge in [0.25, 0.3) is 5.69 Å². The highest BCUT2D eigenvalue weighted by atomic mass is 19.1. The third-order valence-electron chi connectivity index (χ3n) is 3.99. The van der Waals surface area contributed by atoms with E-state index in [-0.39, 0.29) is 23.8 Å². The van der Waals surface area contributed by atoms with E-state index >= 15 is 0 Å². The summed E-state index contributed by atoms with van der Waals surface area (Å²) in [5.41, 5.74) is 1.14. The highest BCUT2D eigenvalue weighted by molar-refractivity contribution is 5.94. The summed E-state index contributed by atoms with van der Waals surface area (Å²) in [6.45, 7) is 0.399. The zero-order valence-electron chi connectivity index (χ0n) is 13.2. The van der Waals surface area contributed by atoms with Gasteiger partial charge < -0.3 is 10.2 Å². The number of benzene rings is 2. The number of non-ortho nitro benzene ring substituents is 1. The Morgan fingerprint density at radius 2 is 1.96 bits per heavy atom. The minimum Gasteiger partial charge on any atom is -0.360 e. The third kappa shape index (κ3) is 3.73. The molecule has 0 atom stereocenters. The molecule has 0 saturated heterocycles. The standard InChI is InChI=1S/C17H15F2N3O3/c18-12-8-11-2-1-7-21(17(11)15(19)9-12)10-16(23)20-13-3-5-14(6-4-13)22(24)25/h3-6,8-9H,1-2,7,10H2,(H,20,23). The maximum atomic E-state index is 14.1. The van der Waals surface area contributed by atoms with Crippen molar-refractivity contribution in [1.29, 1.82) is 0 Å². The van der Waals surface area contributed by atoms with Gasteiger partial charge in [0.05, 0.1) is 17.2 Å². The molecule has 0 spiro atoms.